The van der Waals surface area contributed by atoms with Crippen LogP contribution in [-0.4, -0.2) is 36.8 Å². The minimum atomic E-state index is -3.84. The highest BCUT2D eigenvalue weighted by atomic mass is 35.5. The fourth-order valence-corrected chi connectivity index (χ4v) is 4.47. The predicted molar refractivity (Wildman–Crippen MR) is 120 cm³/mol. The van der Waals surface area contributed by atoms with E-state index in [-0.39, 0.29) is 23.6 Å². The third-order valence-electron chi connectivity index (χ3n) is 4.10. The highest BCUT2D eigenvalue weighted by molar-refractivity contribution is 7.89. The molecule has 1 heterocycles. The van der Waals surface area contributed by atoms with Gasteiger partial charge < -0.3 is 5.11 Å². The lowest BCUT2D eigenvalue weighted by molar-refractivity contribution is -0.136. The number of rotatable bonds is 9. The Labute approximate surface area is 188 Å². The van der Waals surface area contributed by atoms with Crippen molar-refractivity contribution in [3.05, 3.63) is 76.3 Å². The maximum Gasteiger partial charge on any atom is 0.304 e. The van der Waals surface area contributed by atoms with Crippen LogP contribution in [0.25, 0.3) is 16.6 Å². The average molecular weight is 477 g/mol. The summed E-state index contributed by atoms with van der Waals surface area (Å²) in [6.45, 7) is -0.216. The highest BCUT2D eigenvalue weighted by Gasteiger charge is 2.14. The van der Waals surface area contributed by atoms with Gasteiger partial charge in [0.2, 0.25) is 10.0 Å². The van der Waals surface area contributed by atoms with E-state index in [1.807, 2.05) is 17.5 Å². The molecule has 0 bridgehead atoms. The van der Waals surface area contributed by atoms with Crippen LogP contribution in [0.1, 0.15) is 22.5 Å². The number of benzene rings is 2. The summed E-state index contributed by atoms with van der Waals surface area (Å²) in [5, 5.41) is 11.9. The van der Waals surface area contributed by atoms with Gasteiger partial charge in [-0.15, -0.1) is 11.3 Å². The number of halogens is 1. The Morgan fingerprint density at radius 1 is 1.10 bits per heavy atom. The van der Waals surface area contributed by atoms with Crippen molar-refractivity contribution < 1.29 is 23.1 Å². The van der Waals surface area contributed by atoms with Crippen LogP contribution < -0.4 is 4.72 Å². The smallest absolute Gasteiger partial charge is 0.304 e. The second kappa shape index (κ2) is 9.97. The maximum absolute atomic E-state index is 12.4. The summed E-state index contributed by atoms with van der Waals surface area (Å²) in [7, 11) is -3.84. The van der Waals surface area contributed by atoms with E-state index in [0.29, 0.717) is 16.3 Å². The first-order chi connectivity index (χ1) is 14.7. The Bertz CT molecular complexity index is 1220. The summed E-state index contributed by atoms with van der Waals surface area (Å²) in [5.74, 6) is -1.40. The van der Waals surface area contributed by atoms with E-state index in [4.69, 9.17) is 16.7 Å². The lowest BCUT2D eigenvalue weighted by Gasteiger charge is -2.06. The number of hydrogen-bond acceptors (Lipinski definition) is 6. The summed E-state index contributed by atoms with van der Waals surface area (Å²) in [5.41, 5.74) is 1.87. The number of hydrogen-bond donors (Lipinski definition) is 2. The standard InChI is InChI=1S/C21H17ClN2O5S2/c22-16-5-1-15(2-6-16)21-24-17(13-30-21)7-10-19(25)14-3-8-18(9-4-14)31(28,29)23-12-11-20(26)27/h1-10,13,23H,11-12H2,(H,26,27)/b10-7+. The number of nitrogens with one attached hydrogen (secondary N) is 1. The first kappa shape index (κ1) is 22.8. The molecule has 0 spiro atoms. The van der Waals surface area contributed by atoms with Gasteiger partial charge in [0.1, 0.15) is 5.01 Å². The zero-order valence-electron chi connectivity index (χ0n) is 16.0. The molecule has 7 nitrogen and oxygen atoms in total. The number of carbonyl (C=O) groups is 2. The molecule has 2 aromatic carbocycles. The molecule has 31 heavy (non-hydrogen) atoms. The Morgan fingerprint density at radius 2 is 1.77 bits per heavy atom. The van der Waals surface area contributed by atoms with E-state index in [9.17, 15) is 18.0 Å². The SMILES string of the molecule is O=C(O)CCNS(=O)(=O)c1ccc(C(=O)/C=C/c2csc(-c3ccc(Cl)cc3)n2)cc1. The number of aromatic nitrogens is 1. The van der Waals surface area contributed by atoms with Gasteiger partial charge in [0.15, 0.2) is 5.78 Å². The van der Waals surface area contributed by atoms with Crippen LogP contribution in [-0.2, 0) is 14.8 Å². The van der Waals surface area contributed by atoms with E-state index in [1.54, 1.807) is 18.2 Å². The molecular weight excluding hydrogens is 460 g/mol. The molecule has 0 amide bonds. The number of sulfonamides is 1. The topological polar surface area (TPSA) is 113 Å². The van der Waals surface area contributed by atoms with Crippen molar-refractivity contribution in [2.75, 3.05) is 6.54 Å². The molecule has 0 saturated carbocycles. The average Bonchev–Trinajstić information content (AvgIpc) is 3.21. The van der Waals surface area contributed by atoms with Crippen molar-refractivity contribution in [1.29, 1.82) is 0 Å². The normalized spacial score (nSPS) is 11.6. The van der Waals surface area contributed by atoms with Crippen LogP contribution in [0.15, 0.2) is 64.9 Å². The molecule has 2 N–H and O–H groups in total. The number of ketones is 1. The monoisotopic (exact) mass is 476 g/mol. The van der Waals surface area contributed by atoms with Crippen LogP contribution in [0.4, 0.5) is 0 Å². The number of aliphatic carboxylic acids is 1. The third-order valence-corrected chi connectivity index (χ3v) is 6.74. The van der Waals surface area contributed by atoms with Crippen molar-refractivity contribution in [3.8, 4) is 10.6 Å². The minimum absolute atomic E-state index is 0.0504. The van der Waals surface area contributed by atoms with Crippen molar-refractivity contribution in [2.24, 2.45) is 0 Å². The van der Waals surface area contributed by atoms with Crippen LogP contribution in [0.3, 0.4) is 0 Å². The summed E-state index contributed by atoms with van der Waals surface area (Å²) < 4.78 is 26.5. The van der Waals surface area contributed by atoms with Crippen LogP contribution in [0.5, 0.6) is 0 Å². The molecule has 160 valence electrons. The Balaban J connectivity index is 1.65. The van der Waals surface area contributed by atoms with Gasteiger partial charge in [-0.25, -0.2) is 18.1 Å². The highest BCUT2D eigenvalue weighted by Crippen LogP contribution is 2.25. The zero-order valence-corrected chi connectivity index (χ0v) is 18.4. The van der Waals surface area contributed by atoms with Gasteiger partial charge in [-0.05, 0) is 48.6 Å². The Kier molecular flexibility index (Phi) is 7.34. The van der Waals surface area contributed by atoms with Gasteiger partial charge in [0, 0.05) is 28.1 Å². The molecule has 0 aliphatic rings. The lowest BCUT2D eigenvalue weighted by Crippen LogP contribution is -2.26. The first-order valence-electron chi connectivity index (χ1n) is 9.00. The van der Waals surface area contributed by atoms with E-state index < -0.39 is 16.0 Å². The van der Waals surface area contributed by atoms with Crippen molar-refractivity contribution in [1.82, 2.24) is 9.71 Å². The van der Waals surface area contributed by atoms with Crippen molar-refractivity contribution >= 4 is 50.8 Å². The van der Waals surface area contributed by atoms with Crippen LogP contribution >= 0.6 is 22.9 Å². The number of carboxylic acids is 1. The first-order valence-corrected chi connectivity index (χ1v) is 11.7. The molecule has 0 saturated heterocycles. The second-order valence-electron chi connectivity index (χ2n) is 6.35. The summed E-state index contributed by atoms with van der Waals surface area (Å²) in [6, 6.07) is 12.7. The van der Waals surface area contributed by atoms with Gasteiger partial charge in [0.05, 0.1) is 17.0 Å². The molecule has 1 aromatic heterocycles. The fraction of sp³-hybridized carbons (Fsp3) is 0.0952. The summed E-state index contributed by atoms with van der Waals surface area (Å²) in [4.78, 5) is 27.3. The second-order valence-corrected chi connectivity index (χ2v) is 9.41. The fourth-order valence-electron chi connectivity index (χ4n) is 2.52. The minimum Gasteiger partial charge on any atom is -0.481 e. The molecular formula is C21H17ClN2O5S2. The quantitative estimate of drug-likeness (QED) is 0.355. The van der Waals surface area contributed by atoms with Crippen LogP contribution in [0.2, 0.25) is 5.02 Å². The molecule has 0 fully saturated rings. The molecule has 0 unspecified atom stereocenters. The number of thiazole rings is 1. The van der Waals surface area contributed by atoms with Crippen molar-refractivity contribution in [3.63, 3.8) is 0 Å². The van der Waals surface area contributed by atoms with Crippen LogP contribution in [0, 0.1) is 0 Å². The van der Waals surface area contributed by atoms with E-state index in [0.717, 1.165) is 10.6 Å². The molecule has 3 rings (SSSR count). The van der Waals surface area contributed by atoms with Gasteiger partial charge in [0.25, 0.3) is 0 Å². The molecule has 10 heteroatoms. The summed E-state index contributed by atoms with van der Waals surface area (Å²) >= 11 is 7.33. The molecule has 0 radical (unpaired) electrons. The van der Waals surface area contributed by atoms with E-state index >= 15 is 0 Å². The number of carbonyl (C=O) groups excluding carboxylic acids is 1. The molecule has 0 atom stereocenters. The van der Waals surface area contributed by atoms with E-state index in [1.165, 1.54) is 41.7 Å². The van der Waals surface area contributed by atoms with E-state index in [2.05, 4.69) is 9.71 Å². The molecule has 3 aromatic rings. The van der Waals surface area contributed by atoms with Gasteiger partial charge in [-0.3, -0.25) is 9.59 Å². The predicted octanol–water partition coefficient (Wildman–Crippen LogP) is 4.11. The molecule has 0 aliphatic carbocycles. The lowest BCUT2D eigenvalue weighted by atomic mass is 10.1. The largest absolute Gasteiger partial charge is 0.481 e. The van der Waals surface area contributed by atoms with Crippen molar-refractivity contribution in [2.45, 2.75) is 11.3 Å². The van der Waals surface area contributed by atoms with Gasteiger partial charge in [-0.2, -0.15) is 0 Å². The third kappa shape index (κ3) is 6.31. The Morgan fingerprint density at radius 3 is 2.42 bits per heavy atom. The molecule has 0 aliphatic heterocycles. The van der Waals surface area contributed by atoms with Gasteiger partial charge in [-0.1, -0.05) is 23.7 Å². The Hall–Kier alpha value is -2.85. The zero-order chi connectivity index (χ0) is 22.4. The number of allylic oxidation sites excluding steroid dienone is 1. The number of nitrogens with zero attached hydrogens (tertiary/aromatic N) is 1. The van der Waals surface area contributed by atoms with Gasteiger partial charge >= 0.3 is 5.97 Å². The summed E-state index contributed by atoms with van der Waals surface area (Å²) in [6.07, 6.45) is 2.64. The number of carboxylic acid groups (broad SMARTS) is 1. The maximum atomic E-state index is 12.4.